The summed E-state index contributed by atoms with van der Waals surface area (Å²) in [5, 5.41) is 10.4. The number of fused-ring (bicyclic) bond motifs is 1. The average Bonchev–Trinajstić information content (AvgIpc) is 2.73. The van der Waals surface area contributed by atoms with Gasteiger partial charge in [0.05, 0.1) is 30.5 Å². The minimum Gasteiger partial charge on any atom is -0.389 e. The van der Waals surface area contributed by atoms with Crippen molar-refractivity contribution in [1.82, 2.24) is 9.97 Å². The summed E-state index contributed by atoms with van der Waals surface area (Å²) in [7, 11) is 0. The molecule has 2 aliphatic heterocycles. The maximum absolute atomic E-state index is 13.2. The number of para-hydroxylation sites is 1. The Kier molecular flexibility index (Phi) is 5.64. The number of hydrogen-bond acceptors (Lipinski definition) is 6. The van der Waals surface area contributed by atoms with Crippen molar-refractivity contribution in [2.75, 3.05) is 49.2 Å². The molecule has 7 heteroatoms. The predicted molar refractivity (Wildman–Crippen MR) is 107 cm³/mol. The molecule has 3 aromatic rings. The number of aliphatic hydroxyl groups is 1. The first-order valence-electron chi connectivity index (χ1n) is 9.43. The highest BCUT2D eigenvalue weighted by Crippen LogP contribution is 2.21. The molecule has 0 aliphatic carbocycles. The van der Waals surface area contributed by atoms with Crippen molar-refractivity contribution < 1.29 is 14.2 Å². The molecule has 4 heterocycles. The van der Waals surface area contributed by atoms with Gasteiger partial charge in [-0.1, -0.05) is 18.2 Å². The first kappa shape index (κ1) is 18.6. The Balaban J connectivity index is 0.000000139. The highest BCUT2D eigenvalue weighted by atomic mass is 19.1. The molecule has 2 aliphatic rings. The second kappa shape index (κ2) is 8.50. The van der Waals surface area contributed by atoms with Gasteiger partial charge in [-0.2, -0.15) is 4.39 Å². The summed E-state index contributed by atoms with van der Waals surface area (Å²) in [6.45, 7) is 4.20. The molecule has 1 N–H and O–H groups in total. The summed E-state index contributed by atoms with van der Waals surface area (Å²) in [5.41, 5.74) is 1.59. The fourth-order valence-corrected chi connectivity index (χ4v) is 3.29. The van der Waals surface area contributed by atoms with Crippen LogP contribution in [0.25, 0.3) is 10.9 Å². The topological polar surface area (TPSA) is 61.7 Å². The van der Waals surface area contributed by atoms with E-state index in [-0.39, 0.29) is 6.10 Å². The molecule has 146 valence electrons. The van der Waals surface area contributed by atoms with Crippen molar-refractivity contribution in [3.05, 3.63) is 60.7 Å². The van der Waals surface area contributed by atoms with E-state index in [1.54, 1.807) is 12.1 Å². The third-order valence-electron chi connectivity index (χ3n) is 4.86. The standard InChI is InChI=1S/C12H12N2O.C9H11FN2O/c15-10-7-14(8-10)12-6-5-9-3-1-2-4-11(9)13-12;10-9-8(2-1-3-11-9)12-4-6-13-7-5-12/h1-6,10,15H,7-8H2;1-3H,4-7H2. The molecule has 6 nitrogen and oxygen atoms in total. The number of anilines is 2. The third-order valence-corrected chi connectivity index (χ3v) is 4.86. The van der Waals surface area contributed by atoms with E-state index in [0.29, 0.717) is 32.0 Å². The van der Waals surface area contributed by atoms with Crippen LogP contribution in [0.2, 0.25) is 0 Å². The molecule has 2 saturated heterocycles. The van der Waals surface area contributed by atoms with Gasteiger partial charge in [-0.3, -0.25) is 0 Å². The number of halogens is 1. The fourth-order valence-electron chi connectivity index (χ4n) is 3.29. The second-order valence-corrected chi connectivity index (χ2v) is 6.83. The molecule has 1 aromatic carbocycles. The Bertz CT molecular complexity index is 927. The number of rotatable bonds is 2. The quantitative estimate of drug-likeness (QED) is 0.687. The van der Waals surface area contributed by atoms with Gasteiger partial charge in [0.1, 0.15) is 5.82 Å². The van der Waals surface area contributed by atoms with E-state index in [9.17, 15) is 9.50 Å². The second-order valence-electron chi connectivity index (χ2n) is 6.83. The van der Waals surface area contributed by atoms with Gasteiger partial charge in [-0.25, -0.2) is 9.97 Å². The van der Waals surface area contributed by atoms with Crippen molar-refractivity contribution in [2.45, 2.75) is 6.10 Å². The molecule has 0 amide bonds. The van der Waals surface area contributed by atoms with Crippen molar-refractivity contribution in [3.63, 3.8) is 0 Å². The van der Waals surface area contributed by atoms with Gasteiger partial charge < -0.3 is 19.6 Å². The number of pyridine rings is 2. The summed E-state index contributed by atoms with van der Waals surface area (Å²) >= 11 is 0. The lowest BCUT2D eigenvalue weighted by Gasteiger charge is -2.36. The van der Waals surface area contributed by atoms with Gasteiger partial charge in [-0.15, -0.1) is 0 Å². The van der Waals surface area contributed by atoms with Crippen LogP contribution in [0.1, 0.15) is 0 Å². The Morgan fingerprint density at radius 2 is 1.75 bits per heavy atom. The van der Waals surface area contributed by atoms with Crippen LogP contribution in [0.5, 0.6) is 0 Å². The maximum atomic E-state index is 13.2. The number of nitrogens with zero attached hydrogens (tertiary/aromatic N) is 4. The molecule has 0 saturated carbocycles. The summed E-state index contributed by atoms with van der Waals surface area (Å²) in [6, 6.07) is 15.6. The van der Waals surface area contributed by atoms with E-state index in [2.05, 4.69) is 27.0 Å². The Labute approximate surface area is 163 Å². The fraction of sp³-hybridized carbons (Fsp3) is 0.333. The Morgan fingerprint density at radius 3 is 2.50 bits per heavy atom. The monoisotopic (exact) mass is 382 g/mol. The first-order chi connectivity index (χ1) is 13.7. The van der Waals surface area contributed by atoms with Crippen molar-refractivity contribution in [1.29, 1.82) is 0 Å². The van der Waals surface area contributed by atoms with Crippen LogP contribution in [0, 0.1) is 5.95 Å². The highest BCUT2D eigenvalue weighted by Gasteiger charge is 2.25. The molecule has 0 spiro atoms. The van der Waals surface area contributed by atoms with E-state index < -0.39 is 5.95 Å². The molecule has 2 fully saturated rings. The lowest BCUT2D eigenvalue weighted by molar-refractivity contribution is 0.122. The molecule has 2 aromatic heterocycles. The van der Waals surface area contributed by atoms with Crippen molar-refractivity contribution in [2.24, 2.45) is 0 Å². The number of aromatic nitrogens is 2. The highest BCUT2D eigenvalue weighted by molar-refractivity contribution is 5.80. The van der Waals surface area contributed by atoms with Crippen LogP contribution < -0.4 is 9.80 Å². The average molecular weight is 382 g/mol. The zero-order chi connectivity index (χ0) is 19.3. The molecule has 0 unspecified atom stereocenters. The van der Waals surface area contributed by atoms with Crippen molar-refractivity contribution in [3.8, 4) is 0 Å². The van der Waals surface area contributed by atoms with Crippen LogP contribution in [0.15, 0.2) is 54.7 Å². The van der Waals surface area contributed by atoms with Crippen LogP contribution in [-0.2, 0) is 4.74 Å². The lowest BCUT2D eigenvalue weighted by atomic mass is 10.1. The number of ether oxygens (including phenoxy) is 1. The summed E-state index contributed by atoms with van der Waals surface area (Å²) in [4.78, 5) is 12.2. The van der Waals surface area contributed by atoms with E-state index in [1.165, 1.54) is 6.20 Å². The zero-order valence-corrected chi connectivity index (χ0v) is 15.5. The maximum Gasteiger partial charge on any atom is 0.236 e. The Morgan fingerprint density at radius 1 is 0.964 bits per heavy atom. The minimum atomic E-state index is -0.399. The molecule has 0 atom stereocenters. The number of β-amino-alcohol motifs (C(OH)–C–C–N with tert-alkyl or cyclic N) is 1. The largest absolute Gasteiger partial charge is 0.389 e. The number of hydrogen-bond donors (Lipinski definition) is 1. The van der Waals surface area contributed by atoms with Crippen molar-refractivity contribution >= 4 is 22.4 Å². The van der Waals surface area contributed by atoms with Crippen LogP contribution >= 0.6 is 0 Å². The molecule has 0 radical (unpaired) electrons. The third kappa shape index (κ3) is 4.21. The molecule has 5 rings (SSSR count). The van der Waals surface area contributed by atoms with Gasteiger partial charge in [0.25, 0.3) is 0 Å². The molecular weight excluding hydrogens is 359 g/mol. The predicted octanol–water partition coefficient (Wildman–Crippen LogP) is 2.47. The van der Waals surface area contributed by atoms with Gasteiger partial charge in [-0.05, 0) is 30.3 Å². The minimum absolute atomic E-state index is 0.182. The first-order valence-corrected chi connectivity index (χ1v) is 9.43. The van der Waals surface area contributed by atoms with Crippen LogP contribution in [-0.4, -0.2) is 60.6 Å². The number of morpholine rings is 1. The summed E-state index contributed by atoms with van der Waals surface area (Å²) in [6.07, 6.45) is 1.28. The normalized spacial score (nSPS) is 17.1. The van der Waals surface area contributed by atoms with Gasteiger partial charge in [0.2, 0.25) is 5.95 Å². The zero-order valence-electron chi connectivity index (χ0n) is 15.5. The van der Waals surface area contributed by atoms with E-state index in [4.69, 9.17) is 4.74 Å². The van der Waals surface area contributed by atoms with Crippen LogP contribution in [0.4, 0.5) is 15.9 Å². The van der Waals surface area contributed by atoms with Gasteiger partial charge in [0, 0.05) is 37.8 Å². The van der Waals surface area contributed by atoms with Crippen LogP contribution in [0.3, 0.4) is 0 Å². The summed E-state index contributed by atoms with van der Waals surface area (Å²) < 4.78 is 18.4. The number of benzene rings is 1. The van der Waals surface area contributed by atoms with Gasteiger partial charge in [0.15, 0.2) is 0 Å². The molecule has 0 bridgehead atoms. The Hall–Kier alpha value is -2.77. The summed E-state index contributed by atoms with van der Waals surface area (Å²) in [5.74, 6) is 0.559. The smallest absolute Gasteiger partial charge is 0.236 e. The SMILES string of the molecule is Fc1ncccc1N1CCOCC1.OC1CN(c2ccc3ccccc3n2)C1. The van der Waals surface area contributed by atoms with E-state index in [0.717, 1.165) is 29.8 Å². The van der Waals surface area contributed by atoms with E-state index in [1.807, 2.05) is 29.2 Å². The lowest BCUT2D eigenvalue weighted by Crippen LogP contribution is -2.51. The molecular formula is C21H23FN4O2. The van der Waals surface area contributed by atoms with E-state index >= 15 is 0 Å². The van der Waals surface area contributed by atoms with Gasteiger partial charge >= 0.3 is 0 Å². The number of aliphatic hydroxyl groups excluding tert-OH is 1. The molecule has 28 heavy (non-hydrogen) atoms.